The Labute approximate surface area is 150 Å². The van der Waals surface area contributed by atoms with Crippen LogP contribution in [0.3, 0.4) is 0 Å². The molecule has 2 heterocycles. The molecule has 0 radical (unpaired) electrons. The monoisotopic (exact) mass is 349 g/mol. The number of likely N-dealkylation sites (tertiary alicyclic amines) is 1. The Hall–Kier alpha value is -1.10. The highest BCUT2D eigenvalue weighted by Gasteiger charge is 2.21. The van der Waals surface area contributed by atoms with Gasteiger partial charge in [-0.15, -0.1) is 11.3 Å². The summed E-state index contributed by atoms with van der Waals surface area (Å²) in [7, 11) is 0. The van der Waals surface area contributed by atoms with Crippen LogP contribution in [0.15, 0.2) is 6.20 Å². The van der Waals surface area contributed by atoms with E-state index in [4.69, 9.17) is 0 Å². The SMILES string of the molecule is C[C@H](Nc1ncc(CC(=O)N2CCCCCC2)s1)C1CCCCC1. The van der Waals surface area contributed by atoms with Crippen molar-refractivity contribution < 1.29 is 4.79 Å². The van der Waals surface area contributed by atoms with Gasteiger partial charge in [-0.1, -0.05) is 32.1 Å². The summed E-state index contributed by atoms with van der Waals surface area (Å²) in [5.74, 6) is 1.04. The molecule has 0 aromatic carbocycles. The van der Waals surface area contributed by atoms with E-state index < -0.39 is 0 Å². The molecule has 134 valence electrons. The van der Waals surface area contributed by atoms with Gasteiger partial charge in [0.1, 0.15) is 0 Å². The standard InChI is InChI=1S/C19H31N3OS/c1-15(16-9-5-4-6-10-16)21-19-20-14-17(24-19)13-18(23)22-11-7-2-3-8-12-22/h14-16H,2-13H2,1H3,(H,20,21)/t15-/m0/s1. The fourth-order valence-electron chi connectivity index (χ4n) is 3.98. The molecular formula is C19H31N3OS. The summed E-state index contributed by atoms with van der Waals surface area (Å²) in [4.78, 5) is 20.1. The molecule has 3 rings (SSSR count). The van der Waals surface area contributed by atoms with E-state index in [-0.39, 0.29) is 5.91 Å². The maximum Gasteiger partial charge on any atom is 0.227 e. The number of nitrogens with zero attached hydrogens (tertiary/aromatic N) is 2. The van der Waals surface area contributed by atoms with Gasteiger partial charge in [0.2, 0.25) is 5.91 Å². The number of hydrogen-bond acceptors (Lipinski definition) is 4. The van der Waals surface area contributed by atoms with E-state index in [0.29, 0.717) is 12.5 Å². The third-order valence-corrected chi connectivity index (χ3v) is 6.47. The number of nitrogens with one attached hydrogen (secondary N) is 1. The lowest BCUT2D eigenvalue weighted by Gasteiger charge is -2.28. The maximum absolute atomic E-state index is 12.5. The number of rotatable bonds is 5. The predicted molar refractivity (Wildman–Crippen MR) is 101 cm³/mol. The van der Waals surface area contributed by atoms with Crippen LogP contribution in [-0.2, 0) is 11.2 Å². The van der Waals surface area contributed by atoms with E-state index >= 15 is 0 Å². The number of amides is 1. The number of anilines is 1. The number of carbonyl (C=O) groups is 1. The molecule has 0 bridgehead atoms. The van der Waals surface area contributed by atoms with Crippen LogP contribution in [0.25, 0.3) is 0 Å². The van der Waals surface area contributed by atoms with Crippen molar-refractivity contribution >= 4 is 22.4 Å². The summed E-state index contributed by atoms with van der Waals surface area (Å²) in [6, 6.07) is 0.477. The Morgan fingerprint density at radius 2 is 1.88 bits per heavy atom. The van der Waals surface area contributed by atoms with Crippen molar-refractivity contribution in [2.75, 3.05) is 18.4 Å². The van der Waals surface area contributed by atoms with E-state index in [0.717, 1.165) is 41.9 Å². The number of carbonyl (C=O) groups excluding carboxylic acids is 1. The van der Waals surface area contributed by atoms with Gasteiger partial charge < -0.3 is 10.2 Å². The van der Waals surface area contributed by atoms with E-state index in [2.05, 4.69) is 17.2 Å². The fraction of sp³-hybridized carbons (Fsp3) is 0.789. The highest BCUT2D eigenvalue weighted by atomic mass is 32.1. The second-order valence-corrected chi connectivity index (χ2v) is 8.55. The molecule has 1 aromatic rings. The van der Waals surface area contributed by atoms with Gasteiger partial charge in [-0.25, -0.2) is 4.98 Å². The first-order chi connectivity index (χ1) is 11.7. The molecule has 1 amide bonds. The lowest BCUT2D eigenvalue weighted by Crippen LogP contribution is -2.32. The largest absolute Gasteiger partial charge is 0.359 e. The van der Waals surface area contributed by atoms with Gasteiger partial charge in [-0.2, -0.15) is 0 Å². The van der Waals surface area contributed by atoms with Gasteiger partial charge in [0.15, 0.2) is 5.13 Å². The Bertz CT molecular complexity index is 516. The number of thiazole rings is 1. The molecule has 0 unspecified atom stereocenters. The molecule has 1 aromatic heterocycles. The van der Waals surface area contributed by atoms with Crippen molar-refractivity contribution in [3.05, 3.63) is 11.1 Å². The Morgan fingerprint density at radius 3 is 2.58 bits per heavy atom. The molecule has 24 heavy (non-hydrogen) atoms. The van der Waals surface area contributed by atoms with Gasteiger partial charge in [0, 0.05) is 30.2 Å². The van der Waals surface area contributed by atoms with E-state index in [1.54, 1.807) is 11.3 Å². The summed E-state index contributed by atoms with van der Waals surface area (Å²) in [6.07, 6.45) is 14.0. The molecule has 2 fully saturated rings. The molecule has 2 aliphatic rings. The quantitative estimate of drug-likeness (QED) is 0.853. The van der Waals surface area contributed by atoms with Crippen LogP contribution in [0.2, 0.25) is 0 Å². The van der Waals surface area contributed by atoms with E-state index in [1.165, 1.54) is 44.9 Å². The molecule has 1 saturated carbocycles. The first-order valence-corrected chi connectivity index (χ1v) is 10.5. The summed E-state index contributed by atoms with van der Waals surface area (Å²) in [5.41, 5.74) is 0. The van der Waals surface area contributed by atoms with Crippen LogP contribution < -0.4 is 5.32 Å². The third-order valence-electron chi connectivity index (χ3n) is 5.55. The Balaban J connectivity index is 1.50. The minimum absolute atomic E-state index is 0.271. The van der Waals surface area contributed by atoms with Gasteiger partial charge in [0.25, 0.3) is 0 Å². The van der Waals surface area contributed by atoms with Crippen molar-refractivity contribution in [3.8, 4) is 0 Å². The van der Waals surface area contributed by atoms with Crippen LogP contribution in [0, 0.1) is 5.92 Å². The second-order valence-electron chi connectivity index (χ2n) is 7.43. The first-order valence-electron chi connectivity index (χ1n) is 9.71. The van der Waals surface area contributed by atoms with Crippen molar-refractivity contribution in [2.24, 2.45) is 5.92 Å². The van der Waals surface area contributed by atoms with Crippen LogP contribution in [0.4, 0.5) is 5.13 Å². The summed E-state index contributed by atoms with van der Waals surface area (Å²) < 4.78 is 0. The van der Waals surface area contributed by atoms with Crippen LogP contribution in [-0.4, -0.2) is 34.9 Å². The van der Waals surface area contributed by atoms with Crippen molar-refractivity contribution in [1.82, 2.24) is 9.88 Å². The number of hydrogen-bond donors (Lipinski definition) is 1. The van der Waals surface area contributed by atoms with Crippen molar-refractivity contribution in [1.29, 1.82) is 0 Å². The minimum atomic E-state index is 0.271. The Morgan fingerprint density at radius 1 is 1.21 bits per heavy atom. The molecule has 1 aliphatic heterocycles. The molecule has 1 N–H and O–H groups in total. The molecule has 4 nitrogen and oxygen atoms in total. The molecule has 1 saturated heterocycles. The maximum atomic E-state index is 12.5. The average Bonchev–Trinajstić information content (AvgIpc) is 2.86. The zero-order valence-corrected chi connectivity index (χ0v) is 15.7. The van der Waals surface area contributed by atoms with Crippen LogP contribution in [0.1, 0.15) is 69.6 Å². The molecular weight excluding hydrogens is 318 g/mol. The molecule has 1 aliphatic carbocycles. The normalized spacial score (nSPS) is 21.3. The lowest BCUT2D eigenvalue weighted by molar-refractivity contribution is -0.130. The fourth-order valence-corrected chi connectivity index (χ4v) is 4.88. The van der Waals surface area contributed by atoms with Crippen molar-refractivity contribution in [2.45, 2.75) is 77.2 Å². The average molecular weight is 350 g/mol. The highest BCUT2D eigenvalue weighted by Crippen LogP contribution is 2.29. The topological polar surface area (TPSA) is 45.2 Å². The van der Waals surface area contributed by atoms with Crippen LogP contribution >= 0.6 is 11.3 Å². The summed E-state index contributed by atoms with van der Waals surface area (Å²) in [6.45, 7) is 4.14. The van der Waals surface area contributed by atoms with Gasteiger partial charge in [-0.05, 0) is 38.5 Å². The molecule has 1 atom stereocenters. The van der Waals surface area contributed by atoms with Crippen molar-refractivity contribution in [3.63, 3.8) is 0 Å². The first kappa shape index (κ1) is 17.7. The van der Waals surface area contributed by atoms with E-state index in [1.807, 2.05) is 11.1 Å². The minimum Gasteiger partial charge on any atom is -0.359 e. The summed E-state index contributed by atoms with van der Waals surface area (Å²) in [5, 5.41) is 4.56. The van der Waals surface area contributed by atoms with Gasteiger partial charge in [-0.3, -0.25) is 4.79 Å². The lowest BCUT2D eigenvalue weighted by atomic mass is 9.85. The predicted octanol–water partition coefficient (Wildman–Crippen LogP) is 4.47. The molecule has 0 spiro atoms. The van der Waals surface area contributed by atoms with Gasteiger partial charge >= 0.3 is 0 Å². The zero-order valence-electron chi connectivity index (χ0n) is 14.9. The Kier molecular flexibility index (Phi) is 6.52. The van der Waals surface area contributed by atoms with E-state index in [9.17, 15) is 4.79 Å². The van der Waals surface area contributed by atoms with Crippen LogP contribution in [0.5, 0.6) is 0 Å². The zero-order chi connectivity index (χ0) is 16.8. The smallest absolute Gasteiger partial charge is 0.227 e. The second kappa shape index (κ2) is 8.84. The summed E-state index contributed by atoms with van der Waals surface area (Å²) >= 11 is 1.65. The third kappa shape index (κ3) is 4.95. The number of aromatic nitrogens is 1. The van der Waals surface area contributed by atoms with Gasteiger partial charge in [0.05, 0.1) is 6.42 Å². The molecule has 5 heteroatoms. The highest BCUT2D eigenvalue weighted by molar-refractivity contribution is 7.15.